The van der Waals surface area contributed by atoms with E-state index in [4.69, 9.17) is 0 Å². The standard InChI is InChI=1S/C11H22N2O/c1-4-5-13(9(2)3)11(14)6-10-7-12-8-10/h9-10,12H,4-8H2,1-3H3. The van der Waals surface area contributed by atoms with Gasteiger partial charge in [0.05, 0.1) is 0 Å². The van der Waals surface area contributed by atoms with Crippen molar-refractivity contribution in [1.82, 2.24) is 10.2 Å². The van der Waals surface area contributed by atoms with Crippen molar-refractivity contribution in [2.75, 3.05) is 19.6 Å². The van der Waals surface area contributed by atoms with E-state index in [1.807, 2.05) is 4.90 Å². The highest BCUT2D eigenvalue weighted by atomic mass is 16.2. The van der Waals surface area contributed by atoms with Crippen LogP contribution in [0.3, 0.4) is 0 Å². The van der Waals surface area contributed by atoms with Gasteiger partial charge in [-0.3, -0.25) is 4.79 Å². The van der Waals surface area contributed by atoms with Crippen molar-refractivity contribution in [1.29, 1.82) is 0 Å². The zero-order valence-corrected chi connectivity index (χ0v) is 9.55. The van der Waals surface area contributed by atoms with E-state index in [1.165, 1.54) is 0 Å². The Morgan fingerprint density at radius 1 is 1.50 bits per heavy atom. The van der Waals surface area contributed by atoms with Gasteiger partial charge in [0.15, 0.2) is 0 Å². The van der Waals surface area contributed by atoms with Crippen LogP contribution in [0.25, 0.3) is 0 Å². The molecule has 0 radical (unpaired) electrons. The van der Waals surface area contributed by atoms with Gasteiger partial charge >= 0.3 is 0 Å². The van der Waals surface area contributed by atoms with Crippen molar-refractivity contribution in [3.8, 4) is 0 Å². The Bertz CT molecular complexity index is 188. The first kappa shape index (κ1) is 11.5. The van der Waals surface area contributed by atoms with Gasteiger partial charge in [-0.2, -0.15) is 0 Å². The highest BCUT2D eigenvalue weighted by Crippen LogP contribution is 2.12. The minimum absolute atomic E-state index is 0.327. The molecule has 1 N–H and O–H groups in total. The van der Waals surface area contributed by atoms with E-state index >= 15 is 0 Å². The van der Waals surface area contributed by atoms with Crippen LogP contribution in [0, 0.1) is 5.92 Å². The summed E-state index contributed by atoms with van der Waals surface area (Å²) in [4.78, 5) is 13.9. The first-order valence-corrected chi connectivity index (χ1v) is 5.65. The summed E-state index contributed by atoms with van der Waals surface area (Å²) in [5, 5.41) is 3.20. The number of carbonyl (C=O) groups is 1. The molecule has 0 bridgehead atoms. The fraction of sp³-hybridized carbons (Fsp3) is 0.909. The third-order valence-electron chi connectivity index (χ3n) is 2.74. The summed E-state index contributed by atoms with van der Waals surface area (Å²) < 4.78 is 0. The van der Waals surface area contributed by atoms with E-state index in [0.29, 0.717) is 17.9 Å². The quantitative estimate of drug-likeness (QED) is 0.721. The van der Waals surface area contributed by atoms with Gasteiger partial charge in [0.1, 0.15) is 0 Å². The first-order chi connectivity index (χ1) is 6.65. The van der Waals surface area contributed by atoms with Crippen LogP contribution in [0.5, 0.6) is 0 Å². The molecule has 0 aromatic heterocycles. The summed E-state index contributed by atoms with van der Waals surface area (Å²) in [5.41, 5.74) is 0. The maximum absolute atomic E-state index is 11.9. The zero-order valence-electron chi connectivity index (χ0n) is 9.55. The molecule has 3 heteroatoms. The van der Waals surface area contributed by atoms with E-state index in [1.54, 1.807) is 0 Å². The van der Waals surface area contributed by atoms with E-state index in [-0.39, 0.29) is 0 Å². The Balaban J connectivity index is 2.36. The molecule has 0 unspecified atom stereocenters. The second-order valence-electron chi connectivity index (χ2n) is 4.41. The summed E-state index contributed by atoms with van der Waals surface area (Å²) >= 11 is 0. The van der Waals surface area contributed by atoms with Crippen LogP contribution in [0.4, 0.5) is 0 Å². The van der Waals surface area contributed by atoms with Gasteiger partial charge in [0, 0.05) is 19.0 Å². The van der Waals surface area contributed by atoms with Crippen LogP contribution in [-0.4, -0.2) is 36.5 Å². The van der Waals surface area contributed by atoms with Crippen molar-refractivity contribution in [3.05, 3.63) is 0 Å². The summed E-state index contributed by atoms with van der Waals surface area (Å²) in [6, 6.07) is 0.343. The molecular weight excluding hydrogens is 176 g/mol. The van der Waals surface area contributed by atoms with Crippen LogP contribution in [0.15, 0.2) is 0 Å². The third kappa shape index (κ3) is 2.98. The average molecular weight is 198 g/mol. The Kier molecular flexibility index (Phi) is 4.39. The molecule has 0 aromatic rings. The number of rotatable bonds is 5. The number of carbonyl (C=O) groups excluding carboxylic acids is 1. The van der Waals surface area contributed by atoms with Gasteiger partial charge in [0.2, 0.25) is 5.91 Å². The predicted molar refractivity (Wildman–Crippen MR) is 58.1 cm³/mol. The molecular formula is C11H22N2O. The molecule has 1 amide bonds. The topological polar surface area (TPSA) is 32.3 Å². The highest BCUT2D eigenvalue weighted by Gasteiger charge is 2.24. The van der Waals surface area contributed by atoms with Crippen LogP contribution in [0.1, 0.15) is 33.6 Å². The lowest BCUT2D eigenvalue weighted by atomic mass is 9.98. The number of amides is 1. The molecule has 0 saturated carbocycles. The summed E-state index contributed by atoms with van der Waals surface area (Å²) in [5.74, 6) is 0.911. The Morgan fingerprint density at radius 2 is 2.14 bits per heavy atom. The SMILES string of the molecule is CCCN(C(=O)CC1CNC1)C(C)C. The van der Waals surface area contributed by atoms with Gasteiger partial charge in [0.25, 0.3) is 0 Å². The van der Waals surface area contributed by atoms with Gasteiger partial charge in [-0.25, -0.2) is 0 Å². The van der Waals surface area contributed by atoms with Gasteiger partial charge in [-0.05, 0) is 39.3 Å². The molecule has 3 nitrogen and oxygen atoms in total. The molecule has 1 heterocycles. The molecule has 1 aliphatic heterocycles. The number of hydrogen-bond donors (Lipinski definition) is 1. The third-order valence-corrected chi connectivity index (χ3v) is 2.74. The fourth-order valence-electron chi connectivity index (χ4n) is 1.77. The molecule has 0 aromatic carbocycles. The second kappa shape index (κ2) is 5.35. The van der Waals surface area contributed by atoms with E-state index < -0.39 is 0 Å². The van der Waals surface area contributed by atoms with Crippen molar-refractivity contribution in [3.63, 3.8) is 0 Å². The van der Waals surface area contributed by atoms with Crippen molar-refractivity contribution >= 4 is 5.91 Å². The lowest BCUT2D eigenvalue weighted by Gasteiger charge is -2.31. The first-order valence-electron chi connectivity index (χ1n) is 5.65. The van der Waals surface area contributed by atoms with Crippen LogP contribution >= 0.6 is 0 Å². The molecule has 1 saturated heterocycles. The van der Waals surface area contributed by atoms with Gasteiger partial charge in [-0.15, -0.1) is 0 Å². The fourth-order valence-corrected chi connectivity index (χ4v) is 1.77. The van der Waals surface area contributed by atoms with E-state index in [0.717, 1.165) is 32.5 Å². The number of nitrogens with one attached hydrogen (secondary N) is 1. The van der Waals surface area contributed by atoms with Gasteiger partial charge < -0.3 is 10.2 Å². The Morgan fingerprint density at radius 3 is 2.50 bits per heavy atom. The molecule has 1 fully saturated rings. The molecule has 14 heavy (non-hydrogen) atoms. The van der Waals surface area contributed by atoms with E-state index in [9.17, 15) is 4.79 Å². The van der Waals surface area contributed by atoms with Crippen LogP contribution < -0.4 is 5.32 Å². The minimum atomic E-state index is 0.327. The predicted octanol–water partition coefficient (Wildman–Crippen LogP) is 1.24. The molecule has 0 aliphatic carbocycles. The molecule has 0 spiro atoms. The summed E-state index contributed by atoms with van der Waals surface area (Å²) in [6.45, 7) is 9.23. The van der Waals surface area contributed by atoms with Crippen molar-refractivity contribution in [2.45, 2.75) is 39.7 Å². The smallest absolute Gasteiger partial charge is 0.223 e. The second-order valence-corrected chi connectivity index (χ2v) is 4.41. The minimum Gasteiger partial charge on any atom is -0.340 e. The summed E-state index contributed by atoms with van der Waals surface area (Å²) in [7, 11) is 0. The maximum atomic E-state index is 11.9. The highest BCUT2D eigenvalue weighted by molar-refractivity contribution is 5.76. The van der Waals surface area contributed by atoms with Crippen LogP contribution in [-0.2, 0) is 4.79 Å². The number of hydrogen-bond acceptors (Lipinski definition) is 2. The molecule has 82 valence electrons. The summed E-state index contributed by atoms with van der Waals surface area (Å²) in [6.07, 6.45) is 1.78. The monoisotopic (exact) mass is 198 g/mol. The lowest BCUT2D eigenvalue weighted by Crippen LogP contribution is -2.46. The Hall–Kier alpha value is -0.570. The lowest BCUT2D eigenvalue weighted by molar-refractivity contribution is -0.134. The maximum Gasteiger partial charge on any atom is 0.223 e. The van der Waals surface area contributed by atoms with Crippen LogP contribution in [0.2, 0.25) is 0 Å². The molecule has 0 atom stereocenters. The van der Waals surface area contributed by atoms with Crippen molar-refractivity contribution in [2.24, 2.45) is 5.92 Å². The number of nitrogens with zero attached hydrogens (tertiary/aromatic N) is 1. The average Bonchev–Trinajstić information content (AvgIpc) is 2.06. The van der Waals surface area contributed by atoms with E-state index in [2.05, 4.69) is 26.1 Å². The zero-order chi connectivity index (χ0) is 10.6. The Labute approximate surface area is 86.9 Å². The largest absolute Gasteiger partial charge is 0.340 e. The molecule has 1 aliphatic rings. The van der Waals surface area contributed by atoms with Crippen molar-refractivity contribution < 1.29 is 4.79 Å². The molecule has 1 rings (SSSR count). The van der Waals surface area contributed by atoms with Gasteiger partial charge in [-0.1, -0.05) is 6.92 Å². The normalized spacial score (nSPS) is 16.9.